The molecule has 0 bridgehead atoms. The molecule has 57 heavy (non-hydrogen) atoms. The minimum atomic E-state index is -0.987. The van der Waals surface area contributed by atoms with Gasteiger partial charge in [-0.25, -0.2) is 9.83 Å². The van der Waals surface area contributed by atoms with Crippen molar-refractivity contribution in [3.63, 3.8) is 0 Å². The monoisotopic (exact) mass is 789 g/mol. The van der Waals surface area contributed by atoms with Crippen LogP contribution in [0.3, 0.4) is 0 Å². The van der Waals surface area contributed by atoms with Gasteiger partial charge in [0.25, 0.3) is 17.7 Å². The van der Waals surface area contributed by atoms with Crippen LogP contribution in [0.5, 0.6) is 0 Å². The lowest BCUT2D eigenvalue weighted by molar-refractivity contribution is -0.136. The first-order valence-corrected chi connectivity index (χ1v) is 20.2. The number of aromatic nitrogens is 1. The molecule has 1 N–H and O–H groups in total. The van der Waals surface area contributed by atoms with Gasteiger partial charge in [-0.15, -0.1) is 0 Å². The Kier molecular flexibility index (Phi) is 9.40. The Morgan fingerprint density at radius 2 is 1.63 bits per heavy atom. The lowest BCUT2D eigenvalue weighted by Crippen LogP contribution is -2.64. The zero-order chi connectivity index (χ0) is 39.6. The van der Waals surface area contributed by atoms with Gasteiger partial charge in [0.15, 0.2) is 0 Å². The highest BCUT2D eigenvalue weighted by Crippen LogP contribution is 2.46. The standard InChI is InChI=1S/C42H44ClN9O5/c1-26-21-42(25-51(26)29-5-7-34(44-2)33(43)20-29)11-13-49(14-12-42)36-9-3-27(22-45-36)39(55)50-23-30(24-50)48-17-15-47(16-18-48)28-4-6-31-32(19-28)41(57)52(40(31)56)35-8-10-37(53)46-38(35)54/h3-7,9,19-20,22,26,30,35H,8,10-18,21,23-25H2,1H3,(H,46,53,54)/t26-,35?/m0/s1. The lowest BCUT2D eigenvalue weighted by Gasteiger charge is -2.48. The zero-order valence-electron chi connectivity index (χ0n) is 31.8. The number of piperazine rings is 1. The Hall–Kier alpha value is -5.52. The maximum Gasteiger partial charge on any atom is 0.262 e. The van der Waals surface area contributed by atoms with Crippen molar-refractivity contribution in [3.8, 4) is 0 Å². The van der Waals surface area contributed by atoms with E-state index in [1.807, 2.05) is 41.3 Å². The first-order valence-electron chi connectivity index (χ1n) is 19.8. The van der Waals surface area contributed by atoms with Gasteiger partial charge in [0, 0.05) is 100 Å². The van der Waals surface area contributed by atoms with Crippen molar-refractivity contribution in [2.45, 2.75) is 57.2 Å². The highest BCUT2D eigenvalue weighted by atomic mass is 35.5. The van der Waals surface area contributed by atoms with Crippen LogP contribution in [0.2, 0.25) is 5.02 Å². The normalized spacial score (nSPS) is 23.8. The van der Waals surface area contributed by atoms with E-state index in [2.05, 4.69) is 36.7 Å². The third-order valence-electron chi connectivity index (χ3n) is 13.1. The number of benzene rings is 2. The van der Waals surface area contributed by atoms with Crippen molar-refractivity contribution >= 4 is 64.0 Å². The summed E-state index contributed by atoms with van der Waals surface area (Å²) in [5.41, 5.74) is 3.78. The summed E-state index contributed by atoms with van der Waals surface area (Å²) in [6, 6.07) is 14.5. The van der Waals surface area contributed by atoms with E-state index >= 15 is 0 Å². The van der Waals surface area contributed by atoms with E-state index in [4.69, 9.17) is 23.2 Å². The Morgan fingerprint density at radius 1 is 0.895 bits per heavy atom. The van der Waals surface area contributed by atoms with Gasteiger partial charge in [0.05, 0.1) is 23.3 Å². The summed E-state index contributed by atoms with van der Waals surface area (Å²) in [4.78, 5) is 84.3. The number of piperidine rings is 2. The number of hydrogen-bond donors (Lipinski definition) is 1. The van der Waals surface area contributed by atoms with E-state index in [-0.39, 0.29) is 41.3 Å². The van der Waals surface area contributed by atoms with Crippen molar-refractivity contribution in [1.29, 1.82) is 0 Å². The molecule has 9 rings (SSSR count). The number of pyridine rings is 1. The van der Waals surface area contributed by atoms with Gasteiger partial charge in [-0.2, -0.15) is 0 Å². The number of hydrogen-bond acceptors (Lipinski definition) is 10. The van der Waals surface area contributed by atoms with Gasteiger partial charge in [-0.3, -0.25) is 39.1 Å². The fourth-order valence-corrected chi connectivity index (χ4v) is 9.95. The van der Waals surface area contributed by atoms with E-state index in [1.165, 1.54) is 0 Å². The van der Waals surface area contributed by atoms with Crippen LogP contribution in [0.4, 0.5) is 22.9 Å². The fraction of sp³-hybridized carbons (Fsp3) is 0.452. The van der Waals surface area contributed by atoms with Crippen molar-refractivity contribution in [2.75, 3.05) is 73.6 Å². The van der Waals surface area contributed by atoms with E-state index in [0.717, 1.165) is 87.2 Å². The summed E-state index contributed by atoms with van der Waals surface area (Å²) in [7, 11) is 0. The van der Waals surface area contributed by atoms with Gasteiger partial charge in [-0.1, -0.05) is 17.7 Å². The third kappa shape index (κ3) is 6.66. The molecule has 1 unspecified atom stereocenters. The second-order valence-corrected chi connectivity index (χ2v) is 16.8. The van der Waals surface area contributed by atoms with Gasteiger partial charge in [0.1, 0.15) is 11.9 Å². The van der Waals surface area contributed by atoms with E-state index in [9.17, 15) is 24.0 Å². The van der Waals surface area contributed by atoms with Crippen LogP contribution in [-0.2, 0) is 9.59 Å². The van der Waals surface area contributed by atoms with Crippen molar-refractivity contribution in [2.24, 2.45) is 5.41 Å². The largest absolute Gasteiger partial charge is 0.369 e. The number of nitrogens with one attached hydrogen (secondary N) is 1. The predicted molar refractivity (Wildman–Crippen MR) is 214 cm³/mol. The van der Waals surface area contributed by atoms with E-state index in [0.29, 0.717) is 35.4 Å². The molecular formula is C42H44ClN9O5. The third-order valence-corrected chi connectivity index (χ3v) is 13.4. The summed E-state index contributed by atoms with van der Waals surface area (Å²) in [5, 5.41) is 2.74. The number of anilines is 3. The number of nitrogens with zero attached hydrogens (tertiary/aromatic N) is 8. The summed E-state index contributed by atoms with van der Waals surface area (Å²) < 4.78 is 0. The molecule has 0 aliphatic carbocycles. The molecule has 2 aromatic carbocycles. The van der Waals surface area contributed by atoms with Crippen molar-refractivity contribution in [3.05, 3.63) is 87.9 Å². The SMILES string of the molecule is [C-]#[N+]c1ccc(N2CC3(CCN(c4ccc(C(=O)N5CC(N6CCN(c7ccc8c(c7)C(=O)N(C7CCC(=O)NC7=O)C8=O)CC6)C5)cn4)CC3)C[C@@H]2C)cc1Cl. The number of imide groups is 2. The van der Waals surface area contributed by atoms with Gasteiger partial charge in [-0.05, 0) is 80.5 Å². The molecule has 6 aliphatic heterocycles. The van der Waals surface area contributed by atoms with Crippen LogP contribution in [0.1, 0.15) is 70.1 Å². The molecule has 1 spiro atoms. The number of halogens is 1. The van der Waals surface area contributed by atoms with Crippen LogP contribution in [0.15, 0.2) is 54.7 Å². The van der Waals surface area contributed by atoms with Crippen LogP contribution in [0, 0.1) is 12.0 Å². The van der Waals surface area contributed by atoms with E-state index in [1.54, 1.807) is 18.3 Å². The first kappa shape index (κ1) is 37.1. The molecule has 5 fully saturated rings. The number of rotatable bonds is 6. The van der Waals surface area contributed by atoms with Crippen LogP contribution in [0.25, 0.3) is 4.85 Å². The minimum Gasteiger partial charge on any atom is -0.369 e. The highest BCUT2D eigenvalue weighted by molar-refractivity contribution is 6.33. The molecule has 5 amide bonds. The summed E-state index contributed by atoms with van der Waals surface area (Å²) in [6.07, 6.45) is 5.16. The summed E-state index contributed by atoms with van der Waals surface area (Å²) in [6.45, 7) is 16.7. The second kappa shape index (κ2) is 14.5. The average Bonchev–Trinajstić information content (AvgIpc) is 3.65. The molecule has 6 aliphatic rings. The second-order valence-electron chi connectivity index (χ2n) is 16.4. The molecule has 3 aromatic rings. The van der Waals surface area contributed by atoms with Crippen molar-refractivity contribution in [1.82, 2.24) is 25.0 Å². The fourth-order valence-electron chi connectivity index (χ4n) is 9.74. The molecule has 7 heterocycles. The molecule has 15 heteroatoms. The molecule has 294 valence electrons. The quantitative estimate of drug-likeness (QED) is 0.286. The maximum atomic E-state index is 13.4. The summed E-state index contributed by atoms with van der Waals surface area (Å²) in [5.74, 6) is -1.14. The first-order chi connectivity index (χ1) is 27.5. The molecule has 5 saturated heterocycles. The van der Waals surface area contributed by atoms with Crippen LogP contribution >= 0.6 is 11.6 Å². The number of carbonyl (C=O) groups excluding carboxylic acids is 5. The molecule has 0 radical (unpaired) electrons. The molecule has 14 nitrogen and oxygen atoms in total. The minimum absolute atomic E-state index is 0.00481. The Morgan fingerprint density at radius 3 is 2.32 bits per heavy atom. The lowest BCUT2D eigenvalue weighted by atomic mass is 9.77. The number of carbonyl (C=O) groups is 5. The molecule has 1 aromatic heterocycles. The maximum absolute atomic E-state index is 13.4. The van der Waals surface area contributed by atoms with Gasteiger partial charge < -0.3 is 19.6 Å². The highest BCUT2D eigenvalue weighted by Gasteiger charge is 2.46. The summed E-state index contributed by atoms with van der Waals surface area (Å²) >= 11 is 6.37. The average molecular weight is 790 g/mol. The number of likely N-dealkylation sites (tertiary alicyclic amines) is 1. The van der Waals surface area contributed by atoms with Crippen LogP contribution in [-0.4, -0.2) is 126 Å². The number of amides is 5. The molecule has 2 atom stereocenters. The Bertz CT molecular complexity index is 2200. The number of fused-ring (bicyclic) bond motifs is 1. The molecule has 0 saturated carbocycles. The topological polar surface area (TPSA) is 134 Å². The van der Waals surface area contributed by atoms with E-state index < -0.39 is 29.7 Å². The van der Waals surface area contributed by atoms with Crippen molar-refractivity contribution < 1.29 is 24.0 Å². The van der Waals surface area contributed by atoms with Gasteiger partial charge in [0.2, 0.25) is 17.5 Å². The van der Waals surface area contributed by atoms with Gasteiger partial charge >= 0.3 is 0 Å². The predicted octanol–water partition coefficient (Wildman–Crippen LogP) is 4.22. The Balaban J connectivity index is 0.740. The Labute approximate surface area is 336 Å². The molecular weight excluding hydrogens is 746 g/mol. The smallest absolute Gasteiger partial charge is 0.262 e. The van der Waals surface area contributed by atoms with Crippen LogP contribution < -0.4 is 20.0 Å². The zero-order valence-corrected chi connectivity index (χ0v) is 32.6.